The highest BCUT2D eigenvalue weighted by Gasteiger charge is 2.34. The molecule has 13 heteroatoms. The van der Waals surface area contributed by atoms with Gasteiger partial charge in [0, 0.05) is 16.0 Å². The fraction of sp³-hybridized carbons (Fsp3) is 0.0800. The predicted octanol–water partition coefficient (Wildman–Crippen LogP) is 5.85. The third-order valence-corrected chi connectivity index (χ3v) is 8.12. The molecule has 0 aliphatic heterocycles. The number of pyridine rings is 2. The number of carboxylic acid groups (broad SMARTS) is 1. The van der Waals surface area contributed by atoms with E-state index in [9.17, 15) is 18.3 Å². The number of hydrogen-bond donors (Lipinski definition) is 2. The largest absolute Gasteiger partial charge is 0.478 e. The van der Waals surface area contributed by atoms with Gasteiger partial charge >= 0.3 is 5.97 Å². The van der Waals surface area contributed by atoms with E-state index in [0.717, 1.165) is 7.88 Å². The molecule has 0 unspecified atom stereocenters. The van der Waals surface area contributed by atoms with E-state index in [1.165, 1.54) is 24.5 Å². The Morgan fingerprint density at radius 3 is 2.08 bits per heavy atom. The summed E-state index contributed by atoms with van der Waals surface area (Å²) in [7, 11) is -4.79. The van der Waals surface area contributed by atoms with Crippen LogP contribution in [0.5, 0.6) is 0 Å². The van der Waals surface area contributed by atoms with E-state index in [4.69, 9.17) is 11.6 Å². The molecule has 8 nitrogen and oxygen atoms in total. The van der Waals surface area contributed by atoms with Crippen LogP contribution >= 0.6 is 34.2 Å². The van der Waals surface area contributed by atoms with Gasteiger partial charge in [-0.05, 0) is 71.1 Å². The summed E-state index contributed by atoms with van der Waals surface area (Å²) in [6, 6.07) is 14.9. The van der Waals surface area contributed by atoms with Crippen molar-refractivity contribution in [3.05, 3.63) is 110 Å². The Hall–Kier alpha value is -3.20. The lowest BCUT2D eigenvalue weighted by atomic mass is 10.1. The van der Waals surface area contributed by atoms with Gasteiger partial charge in [0.05, 0.1) is 46.4 Å². The lowest BCUT2D eigenvalue weighted by Crippen LogP contribution is -2.32. The van der Waals surface area contributed by atoms with Gasteiger partial charge in [0.1, 0.15) is 4.90 Å². The summed E-state index contributed by atoms with van der Waals surface area (Å²) in [6.45, 7) is -0.608. The van der Waals surface area contributed by atoms with Crippen LogP contribution in [-0.2, 0) is 23.1 Å². The van der Waals surface area contributed by atoms with Crippen LogP contribution in [0.15, 0.2) is 78.0 Å². The van der Waals surface area contributed by atoms with Crippen molar-refractivity contribution in [1.82, 2.24) is 14.3 Å². The van der Waals surface area contributed by atoms with Crippen LogP contribution in [0.4, 0.5) is 20.2 Å². The highest BCUT2D eigenvalue weighted by molar-refractivity contribution is 14.1. The predicted molar refractivity (Wildman–Crippen MR) is 146 cm³/mol. The molecule has 4 aromatic rings. The Bertz CT molecular complexity index is 1550. The molecule has 0 amide bonds. The van der Waals surface area contributed by atoms with Gasteiger partial charge in [-0.15, -0.1) is 0 Å². The molecule has 0 radical (unpaired) electrons. The highest BCUT2D eigenvalue weighted by atomic mass is 127. The van der Waals surface area contributed by atoms with Gasteiger partial charge in [-0.2, -0.15) is 4.31 Å². The third-order valence-electron chi connectivity index (χ3n) is 5.34. The Balaban J connectivity index is 1.82. The fourth-order valence-corrected chi connectivity index (χ4v) is 5.89. The van der Waals surface area contributed by atoms with Gasteiger partial charge in [-0.1, -0.05) is 23.7 Å². The zero-order valence-electron chi connectivity index (χ0n) is 19.3. The molecule has 2 heterocycles. The second-order valence-corrected chi connectivity index (χ2v) is 11.5. The van der Waals surface area contributed by atoms with Gasteiger partial charge in [0.2, 0.25) is 10.0 Å². The summed E-state index contributed by atoms with van der Waals surface area (Å²) in [5, 5.41) is 12.4. The number of aromatic nitrogens is 2. The van der Waals surface area contributed by atoms with Crippen molar-refractivity contribution in [1.29, 1.82) is 0 Å². The Morgan fingerprint density at radius 2 is 1.58 bits per heavy atom. The first kappa shape index (κ1) is 27.8. The fourth-order valence-electron chi connectivity index (χ4n) is 3.52. The number of aromatic carboxylic acids is 1. The molecule has 0 aliphatic carbocycles. The van der Waals surface area contributed by atoms with Crippen LogP contribution in [0.25, 0.3) is 0 Å². The van der Waals surface area contributed by atoms with Crippen molar-refractivity contribution in [2.75, 3.05) is 5.32 Å². The second kappa shape index (κ2) is 11.7. The molecule has 0 atom stereocenters. The SMILES string of the molecule is O=C(O)c1cc(S(=O)(=O)N(Cc2ccccn2)Cc2ccccn2)c(F)c(F)c1Nc1ccc(I)cc1Cl. The van der Waals surface area contributed by atoms with Crippen LogP contribution in [0, 0.1) is 15.2 Å². The summed E-state index contributed by atoms with van der Waals surface area (Å²) >= 11 is 8.15. The van der Waals surface area contributed by atoms with Crippen molar-refractivity contribution in [3.8, 4) is 0 Å². The van der Waals surface area contributed by atoms with Gasteiger partial charge in [-0.25, -0.2) is 22.0 Å². The average molecular weight is 671 g/mol. The number of hydrogen-bond acceptors (Lipinski definition) is 6. The van der Waals surface area contributed by atoms with E-state index in [0.29, 0.717) is 17.5 Å². The standard InChI is InChI=1S/C25H18ClF2IN4O4S/c26-19-11-15(29)7-8-20(19)32-24-18(25(34)35)12-21(22(27)23(24)28)38(36,37)33(13-16-5-1-3-9-30-16)14-17-6-2-4-10-31-17/h1-12,32H,13-14H2,(H,34,35). The molecule has 0 saturated carbocycles. The number of rotatable bonds is 9. The van der Waals surface area contributed by atoms with Crippen LogP contribution < -0.4 is 5.32 Å². The molecular formula is C25H18ClF2IN4O4S. The van der Waals surface area contributed by atoms with Crippen molar-refractivity contribution < 1.29 is 27.1 Å². The number of nitrogens with zero attached hydrogens (tertiary/aromatic N) is 3. The van der Waals surface area contributed by atoms with Gasteiger partial charge in [-0.3, -0.25) is 9.97 Å². The molecule has 0 bridgehead atoms. The van der Waals surface area contributed by atoms with E-state index in [1.807, 2.05) is 22.6 Å². The summed E-state index contributed by atoms with van der Waals surface area (Å²) < 4.78 is 59.8. The summed E-state index contributed by atoms with van der Waals surface area (Å²) in [4.78, 5) is 19.1. The normalized spacial score (nSPS) is 11.5. The zero-order valence-corrected chi connectivity index (χ0v) is 23.0. The van der Waals surface area contributed by atoms with E-state index in [-0.39, 0.29) is 23.8 Å². The number of anilines is 2. The first-order chi connectivity index (χ1) is 18.1. The minimum Gasteiger partial charge on any atom is -0.478 e. The molecule has 0 spiro atoms. The molecule has 2 aromatic heterocycles. The second-order valence-electron chi connectivity index (χ2n) is 7.89. The number of carboxylic acids is 1. The monoisotopic (exact) mass is 670 g/mol. The Morgan fingerprint density at radius 1 is 0.974 bits per heavy atom. The van der Waals surface area contributed by atoms with E-state index < -0.39 is 43.8 Å². The molecule has 2 N–H and O–H groups in total. The zero-order chi connectivity index (χ0) is 27.4. The van der Waals surface area contributed by atoms with Crippen LogP contribution in [0.3, 0.4) is 0 Å². The molecule has 38 heavy (non-hydrogen) atoms. The van der Waals surface area contributed by atoms with Gasteiger partial charge in [0.25, 0.3) is 0 Å². The molecule has 2 aromatic carbocycles. The quantitative estimate of drug-likeness (QED) is 0.215. The maximum Gasteiger partial charge on any atom is 0.337 e. The summed E-state index contributed by atoms with van der Waals surface area (Å²) in [5.74, 6) is -5.11. The molecule has 0 fully saturated rings. The van der Waals surface area contributed by atoms with Crippen LogP contribution in [0.1, 0.15) is 21.7 Å². The third kappa shape index (κ3) is 6.09. The van der Waals surface area contributed by atoms with E-state index >= 15 is 8.78 Å². The summed E-state index contributed by atoms with van der Waals surface area (Å²) in [5.41, 5.74) is -0.794. The van der Waals surface area contributed by atoms with E-state index in [1.54, 1.807) is 42.5 Å². The smallest absolute Gasteiger partial charge is 0.337 e. The Kier molecular flexibility index (Phi) is 8.55. The molecule has 196 valence electrons. The molecule has 0 aliphatic rings. The number of carbonyl (C=O) groups is 1. The first-order valence-corrected chi connectivity index (χ1v) is 13.7. The van der Waals surface area contributed by atoms with Crippen molar-refractivity contribution in [3.63, 3.8) is 0 Å². The average Bonchev–Trinajstić information content (AvgIpc) is 2.88. The number of sulfonamides is 1. The minimum absolute atomic E-state index is 0.107. The highest BCUT2D eigenvalue weighted by Crippen LogP contribution is 2.35. The van der Waals surface area contributed by atoms with Gasteiger partial charge < -0.3 is 10.4 Å². The Labute approximate surface area is 235 Å². The molecule has 0 saturated heterocycles. The molecular weight excluding hydrogens is 653 g/mol. The van der Waals surface area contributed by atoms with E-state index in [2.05, 4.69) is 15.3 Å². The lowest BCUT2D eigenvalue weighted by Gasteiger charge is -2.23. The van der Waals surface area contributed by atoms with Crippen molar-refractivity contribution >= 4 is 61.6 Å². The maximum absolute atomic E-state index is 15.4. The number of nitrogens with one attached hydrogen (secondary N) is 1. The van der Waals surface area contributed by atoms with Crippen molar-refractivity contribution in [2.45, 2.75) is 18.0 Å². The molecule has 4 rings (SSSR count). The maximum atomic E-state index is 15.4. The van der Waals surface area contributed by atoms with Crippen molar-refractivity contribution in [2.24, 2.45) is 0 Å². The number of benzene rings is 2. The minimum atomic E-state index is -4.79. The van der Waals surface area contributed by atoms with Crippen LogP contribution in [-0.4, -0.2) is 33.8 Å². The van der Waals surface area contributed by atoms with Crippen LogP contribution in [0.2, 0.25) is 5.02 Å². The number of halogens is 4. The topological polar surface area (TPSA) is 112 Å². The summed E-state index contributed by atoms with van der Waals surface area (Å²) in [6.07, 6.45) is 2.92. The lowest BCUT2D eigenvalue weighted by molar-refractivity contribution is 0.0697. The first-order valence-electron chi connectivity index (χ1n) is 10.8. The van der Waals surface area contributed by atoms with Gasteiger partial charge in [0.15, 0.2) is 11.6 Å².